The van der Waals surface area contributed by atoms with Crippen LogP contribution in [-0.2, 0) is 0 Å². The highest BCUT2D eigenvalue weighted by atomic mass is 32.1. The van der Waals surface area contributed by atoms with Crippen LogP contribution in [0.4, 0.5) is 5.13 Å². The molecule has 0 radical (unpaired) electrons. The Balaban J connectivity index is 1.80. The van der Waals surface area contributed by atoms with Crippen molar-refractivity contribution in [1.29, 1.82) is 0 Å². The standard InChI is InChI=1S/C15H13N3O4S/c1-20-10-6-5-9(8-12(10)21-2)13-16-15(23-18-13)17-14(19)11-4-3-7-22-11/h3-8H,1-2H3,(H,16,17,18,19). The normalized spacial score (nSPS) is 10.3. The van der Waals surface area contributed by atoms with Gasteiger partial charge in [-0.3, -0.25) is 10.1 Å². The molecule has 0 atom stereocenters. The molecule has 1 aromatic carbocycles. The number of aromatic nitrogens is 2. The lowest BCUT2D eigenvalue weighted by Crippen LogP contribution is -2.10. The third-order valence-corrected chi connectivity index (χ3v) is 3.66. The molecule has 7 nitrogen and oxygen atoms in total. The van der Waals surface area contributed by atoms with E-state index in [4.69, 9.17) is 13.9 Å². The van der Waals surface area contributed by atoms with Gasteiger partial charge < -0.3 is 13.9 Å². The number of nitrogens with one attached hydrogen (secondary N) is 1. The Bertz CT molecular complexity index is 814. The largest absolute Gasteiger partial charge is 0.493 e. The number of rotatable bonds is 5. The summed E-state index contributed by atoms with van der Waals surface area (Å²) in [6.07, 6.45) is 1.43. The first-order valence-electron chi connectivity index (χ1n) is 6.62. The summed E-state index contributed by atoms with van der Waals surface area (Å²) in [7, 11) is 3.13. The van der Waals surface area contributed by atoms with E-state index in [9.17, 15) is 4.79 Å². The molecular formula is C15H13N3O4S. The number of amides is 1. The lowest BCUT2D eigenvalue weighted by Gasteiger charge is -2.07. The van der Waals surface area contributed by atoms with Crippen molar-refractivity contribution in [3.8, 4) is 22.9 Å². The van der Waals surface area contributed by atoms with Gasteiger partial charge in [-0.15, -0.1) is 0 Å². The maximum absolute atomic E-state index is 11.9. The molecule has 0 saturated carbocycles. The molecule has 0 spiro atoms. The van der Waals surface area contributed by atoms with Crippen LogP contribution in [0, 0.1) is 0 Å². The van der Waals surface area contributed by atoms with Gasteiger partial charge in [0.1, 0.15) is 0 Å². The Morgan fingerprint density at radius 1 is 1.22 bits per heavy atom. The van der Waals surface area contributed by atoms with E-state index in [1.165, 1.54) is 6.26 Å². The maximum Gasteiger partial charge on any atom is 0.293 e. The minimum absolute atomic E-state index is 0.216. The summed E-state index contributed by atoms with van der Waals surface area (Å²) in [5, 5.41) is 3.03. The van der Waals surface area contributed by atoms with E-state index < -0.39 is 0 Å². The van der Waals surface area contributed by atoms with Crippen LogP contribution in [0.25, 0.3) is 11.4 Å². The Kier molecular flexibility index (Phi) is 4.24. The van der Waals surface area contributed by atoms with E-state index in [0.29, 0.717) is 22.5 Å². The van der Waals surface area contributed by atoms with Gasteiger partial charge in [-0.2, -0.15) is 9.36 Å². The van der Waals surface area contributed by atoms with Crippen molar-refractivity contribution in [1.82, 2.24) is 9.36 Å². The van der Waals surface area contributed by atoms with Crippen LogP contribution in [-0.4, -0.2) is 29.5 Å². The second-order valence-electron chi connectivity index (χ2n) is 4.42. The number of benzene rings is 1. The Hall–Kier alpha value is -2.87. The molecule has 2 heterocycles. The fourth-order valence-corrected chi connectivity index (χ4v) is 2.52. The van der Waals surface area contributed by atoms with E-state index in [1.807, 2.05) is 6.07 Å². The van der Waals surface area contributed by atoms with Crippen LogP contribution in [0.1, 0.15) is 10.6 Å². The molecule has 118 valence electrons. The van der Waals surface area contributed by atoms with Crippen LogP contribution in [0.3, 0.4) is 0 Å². The second-order valence-corrected chi connectivity index (χ2v) is 5.18. The Morgan fingerprint density at radius 2 is 2.04 bits per heavy atom. The van der Waals surface area contributed by atoms with Crippen molar-refractivity contribution in [2.24, 2.45) is 0 Å². The average Bonchev–Trinajstić information content (AvgIpc) is 3.25. The molecule has 8 heteroatoms. The number of carbonyl (C=O) groups excluding carboxylic acids is 1. The third-order valence-electron chi connectivity index (χ3n) is 3.03. The molecule has 0 saturated heterocycles. The maximum atomic E-state index is 11.9. The molecule has 3 rings (SSSR count). The smallest absolute Gasteiger partial charge is 0.293 e. The molecule has 0 bridgehead atoms. The lowest BCUT2D eigenvalue weighted by atomic mass is 10.2. The Morgan fingerprint density at radius 3 is 2.74 bits per heavy atom. The fraction of sp³-hybridized carbons (Fsp3) is 0.133. The van der Waals surface area contributed by atoms with E-state index >= 15 is 0 Å². The van der Waals surface area contributed by atoms with Crippen LogP contribution < -0.4 is 14.8 Å². The zero-order valence-corrected chi connectivity index (χ0v) is 13.2. The molecule has 0 unspecified atom stereocenters. The van der Waals surface area contributed by atoms with E-state index in [2.05, 4.69) is 14.7 Å². The number of hydrogen-bond donors (Lipinski definition) is 1. The SMILES string of the molecule is COc1ccc(-c2nsc(NC(=O)c3ccco3)n2)cc1OC. The molecule has 0 fully saturated rings. The fourth-order valence-electron chi connectivity index (χ4n) is 1.93. The van der Waals surface area contributed by atoms with Crippen molar-refractivity contribution in [3.05, 3.63) is 42.4 Å². The molecule has 0 aliphatic rings. The Labute approximate surface area is 136 Å². The number of anilines is 1. The van der Waals surface area contributed by atoms with Crippen LogP contribution in [0.5, 0.6) is 11.5 Å². The molecule has 23 heavy (non-hydrogen) atoms. The molecule has 1 amide bonds. The summed E-state index contributed by atoms with van der Waals surface area (Å²) in [5.41, 5.74) is 0.761. The van der Waals surface area contributed by atoms with Gasteiger partial charge in [-0.25, -0.2) is 0 Å². The number of methoxy groups -OCH3 is 2. The predicted octanol–water partition coefficient (Wildman–Crippen LogP) is 3.07. The van der Waals surface area contributed by atoms with Gasteiger partial charge in [0.25, 0.3) is 5.91 Å². The van der Waals surface area contributed by atoms with Gasteiger partial charge in [0.05, 0.1) is 20.5 Å². The summed E-state index contributed by atoms with van der Waals surface area (Å²) in [4.78, 5) is 16.2. The van der Waals surface area contributed by atoms with Crippen LogP contribution >= 0.6 is 11.5 Å². The summed E-state index contributed by atoms with van der Waals surface area (Å²) in [5.74, 6) is 1.54. The molecule has 2 aromatic heterocycles. The third kappa shape index (κ3) is 3.16. The molecular weight excluding hydrogens is 318 g/mol. The van der Waals surface area contributed by atoms with Crippen molar-refractivity contribution < 1.29 is 18.7 Å². The van der Waals surface area contributed by atoms with E-state index in [1.54, 1.807) is 38.5 Å². The number of hydrogen-bond acceptors (Lipinski definition) is 7. The van der Waals surface area contributed by atoms with E-state index in [0.717, 1.165) is 17.1 Å². The second kappa shape index (κ2) is 6.49. The first kappa shape index (κ1) is 15.0. The van der Waals surface area contributed by atoms with Gasteiger partial charge in [-0.1, -0.05) is 0 Å². The molecule has 0 aliphatic heterocycles. The van der Waals surface area contributed by atoms with Gasteiger partial charge >= 0.3 is 0 Å². The highest BCUT2D eigenvalue weighted by molar-refractivity contribution is 7.10. The summed E-state index contributed by atoms with van der Waals surface area (Å²) in [6.45, 7) is 0. The van der Waals surface area contributed by atoms with Gasteiger partial charge in [0.2, 0.25) is 5.13 Å². The summed E-state index contributed by atoms with van der Waals surface area (Å²) >= 11 is 1.09. The zero-order valence-electron chi connectivity index (χ0n) is 12.4. The van der Waals surface area contributed by atoms with Crippen molar-refractivity contribution >= 4 is 22.6 Å². The first-order chi connectivity index (χ1) is 11.2. The molecule has 1 N–H and O–H groups in total. The number of nitrogens with zero attached hydrogens (tertiary/aromatic N) is 2. The van der Waals surface area contributed by atoms with E-state index in [-0.39, 0.29) is 11.7 Å². The lowest BCUT2D eigenvalue weighted by molar-refractivity contribution is 0.0996. The zero-order chi connectivity index (χ0) is 16.2. The average molecular weight is 331 g/mol. The quantitative estimate of drug-likeness (QED) is 0.773. The topological polar surface area (TPSA) is 86.5 Å². The van der Waals surface area contributed by atoms with Crippen molar-refractivity contribution in [2.75, 3.05) is 19.5 Å². The minimum atomic E-state index is -0.370. The number of carbonyl (C=O) groups is 1. The molecule has 0 aliphatic carbocycles. The number of ether oxygens (including phenoxy) is 2. The minimum Gasteiger partial charge on any atom is -0.493 e. The summed E-state index contributed by atoms with van der Waals surface area (Å²) in [6, 6.07) is 8.59. The van der Waals surface area contributed by atoms with Crippen molar-refractivity contribution in [2.45, 2.75) is 0 Å². The predicted molar refractivity (Wildman–Crippen MR) is 85.1 cm³/mol. The van der Waals surface area contributed by atoms with Crippen LogP contribution in [0.15, 0.2) is 41.0 Å². The van der Waals surface area contributed by atoms with Gasteiger partial charge in [-0.05, 0) is 30.3 Å². The highest BCUT2D eigenvalue weighted by Gasteiger charge is 2.14. The monoisotopic (exact) mass is 331 g/mol. The summed E-state index contributed by atoms with van der Waals surface area (Å²) < 4.78 is 19.7. The van der Waals surface area contributed by atoms with Crippen LogP contribution in [0.2, 0.25) is 0 Å². The van der Waals surface area contributed by atoms with Crippen molar-refractivity contribution in [3.63, 3.8) is 0 Å². The first-order valence-corrected chi connectivity index (χ1v) is 7.39. The molecule has 3 aromatic rings. The highest BCUT2D eigenvalue weighted by Crippen LogP contribution is 2.32. The van der Waals surface area contributed by atoms with Gasteiger partial charge in [0.15, 0.2) is 23.1 Å². The number of furan rings is 1. The van der Waals surface area contributed by atoms with Gasteiger partial charge in [0, 0.05) is 17.1 Å².